The van der Waals surface area contributed by atoms with E-state index in [2.05, 4.69) is 9.88 Å². The SMILES string of the molecule is CN(CC(=O)c1cc([N+](=O)[O-])c[nH]1)C1CCCCCC1. The summed E-state index contributed by atoms with van der Waals surface area (Å²) in [6.07, 6.45) is 8.53. The zero-order chi connectivity index (χ0) is 14.5. The highest BCUT2D eigenvalue weighted by atomic mass is 16.6. The first kappa shape index (κ1) is 14.7. The fourth-order valence-corrected chi connectivity index (χ4v) is 2.79. The minimum Gasteiger partial charge on any atom is -0.353 e. The van der Waals surface area contributed by atoms with E-state index in [-0.39, 0.29) is 11.5 Å². The molecule has 1 aromatic rings. The molecule has 0 saturated heterocycles. The highest BCUT2D eigenvalue weighted by Crippen LogP contribution is 2.21. The highest BCUT2D eigenvalue weighted by molar-refractivity contribution is 5.96. The highest BCUT2D eigenvalue weighted by Gasteiger charge is 2.21. The van der Waals surface area contributed by atoms with E-state index in [1.807, 2.05) is 7.05 Å². The van der Waals surface area contributed by atoms with Gasteiger partial charge in [0.15, 0.2) is 5.78 Å². The number of nitrogens with one attached hydrogen (secondary N) is 1. The van der Waals surface area contributed by atoms with Crippen molar-refractivity contribution in [3.63, 3.8) is 0 Å². The molecule has 1 N–H and O–H groups in total. The van der Waals surface area contributed by atoms with Crippen LogP contribution in [-0.2, 0) is 0 Å². The van der Waals surface area contributed by atoms with Crippen LogP contribution in [0.1, 0.15) is 49.0 Å². The molecule has 0 aromatic carbocycles. The van der Waals surface area contributed by atoms with Crippen LogP contribution < -0.4 is 0 Å². The van der Waals surface area contributed by atoms with E-state index in [1.54, 1.807) is 0 Å². The molecule has 0 aliphatic heterocycles. The number of likely N-dealkylation sites (N-methyl/N-ethyl adjacent to an activating group) is 1. The number of rotatable bonds is 5. The van der Waals surface area contributed by atoms with Crippen molar-refractivity contribution in [1.82, 2.24) is 9.88 Å². The third-order valence-electron chi connectivity index (χ3n) is 4.02. The Morgan fingerprint density at radius 1 is 1.40 bits per heavy atom. The molecular weight excluding hydrogens is 258 g/mol. The van der Waals surface area contributed by atoms with Gasteiger partial charge in [-0.15, -0.1) is 0 Å². The maximum Gasteiger partial charge on any atom is 0.287 e. The number of aromatic amines is 1. The average Bonchev–Trinajstić information content (AvgIpc) is 2.75. The molecule has 1 aliphatic carbocycles. The van der Waals surface area contributed by atoms with Crippen molar-refractivity contribution < 1.29 is 9.72 Å². The quantitative estimate of drug-likeness (QED) is 0.389. The van der Waals surface area contributed by atoms with Crippen molar-refractivity contribution in [2.75, 3.05) is 13.6 Å². The molecule has 1 saturated carbocycles. The first-order valence-corrected chi connectivity index (χ1v) is 7.14. The summed E-state index contributed by atoms with van der Waals surface area (Å²) in [6.45, 7) is 0.308. The number of nitrogens with zero attached hydrogens (tertiary/aromatic N) is 2. The minimum atomic E-state index is -0.498. The van der Waals surface area contributed by atoms with Crippen LogP contribution in [-0.4, -0.2) is 40.2 Å². The smallest absolute Gasteiger partial charge is 0.287 e. The van der Waals surface area contributed by atoms with Crippen LogP contribution in [0.4, 0.5) is 5.69 Å². The number of hydrogen-bond donors (Lipinski definition) is 1. The molecular formula is C14H21N3O3. The lowest BCUT2D eigenvalue weighted by atomic mass is 10.1. The number of H-pyrrole nitrogens is 1. The fraction of sp³-hybridized carbons (Fsp3) is 0.643. The molecule has 0 unspecified atom stereocenters. The van der Waals surface area contributed by atoms with E-state index in [0.29, 0.717) is 18.3 Å². The lowest BCUT2D eigenvalue weighted by Crippen LogP contribution is -2.35. The van der Waals surface area contributed by atoms with Gasteiger partial charge in [-0.05, 0) is 19.9 Å². The summed E-state index contributed by atoms with van der Waals surface area (Å²) in [5.74, 6) is -0.0927. The standard InChI is InChI=1S/C14H21N3O3/c1-16(11-6-4-2-3-5-7-11)10-14(18)13-8-12(9-15-13)17(19)20/h8-9,11,15H,2-7,10H2,1H3. The van der Waals surface area contributed by atoms with Crippen LogP contribution in [0.2, 0.25) is 0 Å². The summed E-state index contributed by atoms with van der Waals surface area (Å²) < 4.78 is 0. The lowest BCUT2D eigenvalue weighted by molar-refractivity contribution is -0.384. The number of carbonyl (C=O) groups is 1. The first-order valence-electron chi connectivity index (χ1n) is 7.14. The van der Waals surface area contributed by atoms with E-state index in [4.69, 9.17) is 0 Å². The van der Waals surface area contributed by atoms with Gasteiger partial charge in [-0.1, -0.05) is 25.7 Å². The fourth-order valence-electron chi connectivity index (χ4n) is 2.79. The molecule has 20 heavy (non-hydrogen) atoms. The van der Waals surface area contributed by atoms with Gasteiger partial charge in [-0.3, -0.25) is 19.8 Å². The second-order valence-corrected chi connectivity index (χ2v) is 5.51. The Morgan fingerprint density at radius 2 is 2.05 bits per heavy atom. The molecule has 0 amide bonds. The minimum absolute atomic E-state index is 0.0644. The topological polar surface area (TPSA) is 79.2 Å². The predicted molar refractivity (Wildman–Crippen MR) is 75.9 cm³/mol. The monoisotopic (exact) mass is 279 g/mol. The maximum atomic E-state index is 12.1. The largest absolute Gasteiger partial charge is 0.353 e. The van der Waals surface area contributed by atoms with Crippen molar-refractivity contribution in [1.29, 1.82) is 0 Å². The van der Waals surface area contributed by atoms with E-state index in [0.717, 1.165) is 12.8 Å². The van der Waals surface area contributed by atoms with Crippen LogP contribution in [0, 0.1) is 10.1 Å². The number of nitro groups is 1. The second-order valence-electron chi connectivity index (χ2n) is 5.51. The Hall–Kier alpha value is -1.69. The zero-order valence-corrected chi connectivity index (χ0v) is 11.8. The van der Waals surface area contributed by atoms with Crippen molar-refractivity contribution >= 4 is 11.5 Å². The van der Waals surface area contributed by atoms with Gasteiger partial charge in [0.25, 0.3) is 5.69 Å². The van der Waals surface area contributed by atoms with Gasteiger partial charge in [-0.25, -0.2) is 0 Å². The van der Waals surface area contributed by atoms with Crippen molar-refractivity contribution in [3.05, 3.63) is 28.1 Å². The molecule has 1 fully saturated rings. The molecule has 1 aromatic heterocycles. The van der Waals surface area contributed by atoms with Crippen LogP contribution >= 0.6 is 0 Å². The van der Waals surface area contributed by atoms with Crippen LogP contribution in [0.15, 0.2) is 12.3 Å². The van der Waals surface area contributed by atoms with E-state index >= 15 is 0 Å². The number of aromatic nitrogens is 1. The summed E-state index contributed by atoms with van der Waals surface area (Å²) in [5, 5.41) is 10.6. The number of hydrogen-bond acceptors (Lipinski definition) is 4. The third-order valence-corrected chi connectivity index (χ3v) is 4.02. The number of Topliss-reactive ketones (excluding diaryl/α,β-unsaturated/α-hetero) is 1. The van der Waals surface area contributed by atoms with Crippen molar-refractivity contribution in [2.24, 2.45) is 0 Å². The number of carbonyl (C=O) groups excluding carboxylic acids is 1. The lowest BCUT2D eigenvalue weighted by Gasteiger charge is -2.26. The Bertz CT molecular complexity index is 476. The van der Waals surface area contributed by atoms with E-state index in [9.17, 15) is 14.9 Å². The van der Waals surface area contributed by atoms with Gasteiger partial charge < -0.3 is 4.98 Å². The predicted octanol–water partition coefficient (Wildman–Crippen LogP) is 2.76. The number of ketones is 1. The maximum absolute atomic E-state index is 12.1. The molecule has 0 bridgehead atoms. The summed E-state index contributed by atoms with van der Waals surface area (Å²) in [6, 6.07) is 1.76. The molecule has 6 nitrogen and oxygen atoms in total. The summed E-state index contributed by atoms with van der Waals surface area (Å²) in [7, 11) is 1.96. The van der Waals surface area contributed by atoms with Crippen molar-refractivity contribution in [2.45, 2.75) is 44.6 Å². The first-order chi connectivity index (χ1) is 9.58. The van der Waals surface area contributed by atoms with Gasteiger partial charge in [0.1, 0.15) is 0 Å². The van der Waals surface area contributed by atoms with Gasteiger partial charge in [0.2, 0.25) is 0 Å². The molecule has 2 rings (SSSR count). The van der Waals surface area contributed by atoms with Gasteiger partial charge in [-0.2, -0.15) is 0 Å². The van der Waals surface area contributed by atoms with Gasteiger partial charge in [0, 0.05) is 12.1 Å². The molecule has 1 aliphatic rings. The van der Waals surface area contributed by atoms with Crippen molar-refractivity contribution in [3.8, 4) is 0 Å². The second kappa shape index (κ2) is 6.65. The Kier molecular flexibility index (Phi) is 4.89. The van der Waals surface area contributed by atoms with Crippen LogP contribution in [0.25, 0.3) is 0 Å². The normalized spacial score (nSPS) is 17.1. The average molecular weight is 279 g/mol. The molecule has 0 radical (unpaired) electrons. The molecule has 0 atom stereocenters. The zero-order valence-electron chi connectivity index (χ0n) is 11.8. The Balaban J connectivity index is 1.93. The molecule has 1 heterocycles. The summed E-state index contributed by atoms with van der Waals surface area (Å²) >= 11 is 0. The van der Waals surface area contributed by atoms with E-state index < -0.39 is 4.92 Å². The molecule has 110 valence electrons. The van der Waals surface area contributed by atoms with Gasteiger partial charge >= 0.3 is 0 Å². The van der Waals surface area contributed by atoms with Crippen LogP contribution in [0.5, 0.6) is 0 Å². The Labute approximate surface area is 118 Å². The van der Waals surface area contributed by atoms with Crippen LogP contribution in [0.3, 0.4) is 0 Å². The third kappa shape index (κ3) is 3.66. The summed E-state index contributed by atoms with van der Waals surface area (Å²) in [4.78, 5) is 27.0. The van der Waals surface area contributed by atoms with Gasteiger partial charge in [0.05, 0.1) is 23.4 Å². The molecule has 6 heteroatoms. The molecule has 0 spiro atoms. The summed E-state index contributed by atoms with van der Waals surface area (Å²) in [5.41, 5.74) is 0.252. The Morgan fingerprint density at radius 3 is 2.60 bits per heavy atom. The van der Waals surface area contributed by atoms with E-state index in [1.165, 1.54) is 37.9 Å².